The maximum atomic E-state index is 12.1. The molecule has 2 fully saturated rings. The largest absolute Gasteiger partial charge is 0.490 e. The molecule has 2 aliphatic rings. The molecule has 1 aromatic rings. The first kappa shape index (κ1) is 21.6. The molecule has 152 valence electrons. The summed E-state index contributed by atoms with van der Waals surface area (Å²) < 4.78 is 36.9. The average Bonchev–Trinajstić information content (AvgIpc) is 3.24. The molecular formula is C17H23F3N2O4S. The number of aliphatic carboxylic acids is 1. The van der Waals surface area contributed by atoms with E-state index in [0.717, 1.165) is 32.5 Å². The lowest BCUT2D eigenvalue weighted by Gasteiger charge is -2.39. The van der Waals surface area contributed by atoms with Gasteiger partial charge in [0.2, 0.25) is 5.91 Å². The fraction of sp³-hybridized carbons (Fsp3) is 0.647. The Morgan fingerprint density at radius 1 is 1.37 bits per heavy atom. The van der Waals surface area contributed by atoms with Crippen molar-refractivity contribution in [2.75, 3.05) is 26.8 Å². The summed E-state index contributed by atoms with van der Waals surface area (Å²) in [5.41, 5.74) is 1.40. The quantitative estimate of drug-likeness (QED) is 0.811. The summed E-state index contributed by atoms with van der Waals surface area (Å²) in [6, 6.07) is 3.13. The predicted octanol–water partition coefficient (Wildman–Crippen LogP) is 2.59. The standard InChI is InChI=1S/C15H22N2O2S.C2HF3O2/c1-19-8-7-17-14-4-6-16(10-12-5-9-20-11-12)13(14)2-3-15(17)18;3-2(4,5)1(6)7/h5,9,11,13-14H,2-4,6-8,10H2,1H3;(H,6,7)/t13-,14-;/m1./s1. The minimum Gasteiger partial charge on any atom is -0.475 e. The van der Waals surface area contributed by atoms with Crippen molar-refractivity contribution in [3.8, 4) is 0 Å². The zero-order valence-corrected chi connectivity index (χ0v) is 15.8. The number of carbonyl (C=O) groups is 2. The van der Waals surface area contributed by atoms with Gasteiger partial charge in [0.15, 0.2) is 0 Å². The molecule has 3 heterocycles. The molecule has 6 nitrogen and oxygen atoms in total. The predicted molar refractivity (Wildman–Crippen MR) is 93.4 cm³/mol. The molecule has 0 radical (unpaired) electrons. The lowest BCUT2D eigenvalue weighted by atomic mass is 9.96. The Bertz CT molecular complexity index is 624. The highest BCUT2D eigenvalue weighted by Crippen LogP contribution is 2.32. The van der Waals surface area contributed by atoms with Crippen molar-refractivity contribution in [1.29, 1.82) is 0 Å². The molecule has 0 aromatic carbocycles. The fourth-order valence-electron chi connectivity index (χ4n) is 3.53. The van der Waals surface area contributed by atoms with Crippen LogP contribution < -0.4 is 0 Å². The molecule has 0 unspecified atom stereocenters. The van der Waals surface area contributed by atoms with Crippen LogP contribution in [0.4, 0.5) is 13.2 Å². The summed E-state index contributed by atoms with van der Waals surface area (Å²) in [6.45, 7) is 3.50. The second-order valence-corrected chi connectivity index (χ2v) is 7.23. The number of ether oxygens (including phenoxy) is 1. The van der Waals surface area contributed by atoms with Crippen LogP contribution in [0, 0.1) is 0 Å². The van der Waals surface area contributed by atoms with Gasteiger partial charge < -0.3 is 14.7 Å². The molecule has 2 saturated heterocycles. The molecule has 1 N–H and O–H groups in total. The minimum absolute atomic E-state index is 0.306. The van der Waals surface area contributed by atoms with E-state index in [0.29, 0.717) is 31.0 Å². The van der Waals surface area contributed by atoms with E-state index in [1.807, 2.05) is 0 Å². The van der Waals surface area contributed by atoms with Gasteiger partial charge in [-0.05, 0) is 35.2 Å². The molecule has 2 aliphatic heterocycles. The Kier molecular flexibility index (Phi) is 7.63. The number of hydrogen-bond donors (Lipinski definition) is 1. The van der Waals surface area contributed by atoms with Crippen LogP contribution in [-0.2, 0) is 20.9 Å². The number of piperidine rings is 1. The summed E-state index contributed by atoms with van der Waals surface area (Å²) >= 11 is 1.76. The van der Waals surface area contributed by atoms with Gasteiger partial charge in [0.25, 0.3) is 0 Å². The van der Waals surface area contributed by atoms with Crippen LogP contribution in [0.15, 0.2) is 16.8 Å². The molecule has 1 aromatic heterocycles. The Hall–Kier alpha value is -1.65. The second kappa shape index (κ2) is 9.52. The Labute approximate surface area is 159 Å². The van der Waals surface area contributed by atoms with E-state index in [1.54, 1.807) is 18.4 Å². The van der Waals surface area contributed by atoms with Crippen LogP contribution in [0.25, 0.3) is 0 Å². The van der Waals surface area contributed by atoms with Gasteiger partial charge in [0.05, 0.1) is 6.61 Å². The molecule has 0 bridgehead atoms. The van der Waals surface area contributed by atoms with Crippen LogP contribution in [0.1, 0.15) is 24.8 Å². The maximum absolute atomic E-state index is 12.1. The van der Waals surface area contributed by atoms with Gasteiger partial charge >= 0.3 is 12.1 Å². The zero-order valence-electron chi connectivity index (χ0n) is 14.9. The Morgan fingerprint density at radius 2 is 2.07 bits per heavy atom. The number of nitrogens with zero attached hydrogens (tertiary/aromatic N) is 2. The first-order chi connectivity index (χ1) is 12.7. The second-order valence-electron chi connectivity index (χ2n) is 6.45. The number of carbonyl (C=O) groups excluding carboxylic acids is 1. The van der Waals surface area contributed by atoms with Gasteiger partial charge in [0.1, 0.15) is 0 Å². The third kappa shape index (κ3) is 5.91. The van der Waals surface area contributed by atoms with Crippen LogP contribution in [0.2, 0.25) is 0 Å². The van der Waals surface area contributed by atoms with Gasteiger partial charge in [-0.25, -0.2) is 4.79 Å². The number of halogens is 3. The molecule has 2 atom stereocenters. The van der Waals surface area contributed by atoms with Crippen molar-refractivity contribution in [2.45, 2.75) is 44.1 Å². The number of carboxylic acids is 1. The summed E-state index contributed by atoms with van der Waals surface area (Å²) in [4.78, 5) is 25.6. The minimum atomic E-state index is -5.08. The van der Waals surface area contributed by atoms with E-state index in [9.17, 15) is 18.0 Å². The van der Waals surface area contributed by atoms with Crippen molar-refractivity contribution >= 4 is 23.2 Å². The summed E-state index contributed by atoms with van der Waals surface area (Å²) in [6.07, 6.45) is -2.29. The monoisotopic (exact) mass is 408 g/mol. The summed E-state index contributed by atoms with van der Waals surface area (Å²) in [5.74, 6) is -2.45. The van der Waals surface area contributed by atoms with Gasteiger partial charge in [-0.1, -0.05) is 0 Å². The first-order valence-electron chi connectivity index (χ1n) is 8.57. The van der Waals surface area contributed by atoms with E-state index >= 15 is 0 Å². The van der Waals surface area contributed by atoms with Crippen LogP contribution >= 0.6 is 11.3 Å². The third-order valence-electron chi connectivity index (χ3n) is 4.74. The van der Waals surface area contributed by atoms with E-state index in [-0.39, 0.29) is 0 Å². The lowest BCUT2D eigenvalue weighted by Crippen LogP contribution is -2.52. The number of alkyl halides is 3. The smallest absolute Gasteiger partial charge is 0.475 e. The highest BCUT2D eigenvalue weighted by molar-refractivity contribution is 7.07. The SMILES string of the molecule is COCCN1C(=O)CC[C@@H]2[C@H]1CCN2Cc1ccsc1.O=C(O)C(F)(F)F. The van der Waals surface area contributed by atoms with Crippen molar-refractivity contribution in [2.24, 2.45) is 0 Å². The van der Waals surface area contributed by atoms with Crippen molar-refractivity contribution in [3.05, 3.63) is 22.4 Å². The van der Waals surface area contributed by atoms with E-state index in [2.05, 4.69) is 26.6 Å². The van der Waals surface area contributed by atoms with Gasteiger partial charge in [-0.15, -0.1) is 0 Å². The first-order valence-corrected chi connectivity index (χ1v) is 9.52. The number of amides is 1. The van der Waals surface area contributed by atoms with Gasteiger partial charge in [0, 0.05) is 45.2 Å². The highest BCUT2D eigenvalue weighted by atomic mass is 32.1. The Balaban J connectivity index is 0.000000321. The number of methoxy groups -OCH3 is 1. The fourth-order valence-corrected chi connectivity index (χ4v) is 4.19. The molecule has 3 rings (SSSR count). The van der Waals surface area contributed by atoms with Crippen LogP contribution in [-0.4, -0.2) is 71.8 Å². The van der Waals surface area contributed by atoms with E-state index in [4.69, 9.17) is 14.6 Å². The zero-order chi connectivity index (χ0) is 20.0. The molecule has 1 amide bonds. The number of thiophene rings is 1. The number of rotatable bonds is 5. The van der Waals surface area contributed by atoms with Gasteiger partial charge in [-0.3, -0.25) is 9.69 Å². The summed E-state index contributed by atoms with van der Waals surface area (Å²) in [5, 5.41) is 11.5. The van der Waals surface area contributed by atoms with Crippen LogP contribution in [0.3, 0.4) is 0 Å². The number of likely N-dealkylation sites (tertiary alicyclic amines) is 2. The highest BCUT2D eigenvalue weighted by Gasteiger charge is 2.42. The molecule has 0 saturated carbocycles. The molecule has 10 heteroatoms. The molecule has 0 aliphatic carbocycles. The normalized spacial score (nSPS) is 23.0. The molecular weight excluding hydrogens is 385 g/mol. The third-order valence-corrected chi connectivity index (χ3v) is 5.48. The molecule has 27 heavy (non-hydrogen) atoms. The maximum Gasteiger partial charge on any atom is 0.490 e. The topological polar surface area (TPSA) is 70.1 Å². The van der Waals surface area contributed by atoms with E-state index in [1.165, 1.54) is 5.56 Å². The Morgan fingerprint density at radius 3 is 2.63 bits per heavy atom. The van der Waals surface area contributed by atoms with Crippen molar-refractivity contribution in [1.82, 2.24) is 9.80 Å². The van der Waals surface area contributed by atoms with Gasteiger partial charge in [-0.2, -0.15) is 24.5 Å². The molecule has 0 spiro atoms. The lowest BCUT2D eigenvalue weighted by molar-refractivity contribution is -0.192. The average molecular weight is 408 g/mol. The van der Waals surface area contributed by atoms with Crippen molar-refractivity contribution in [3.63, 3.8) is 0 Å². The number of fused-ring (bicyclic) bond motifs is 1. The number of hydrogen-bond acceptors (Lipinski definition) is 5. The van der Waals surface area contributed by atoms with Crippen LogP contribution in [0.5, 0.6) is 0 Å². The van der Waals surface area contributed by atoms with Crippen molar-refractivity contribution < 1.29 is 32.6 Å². The summed E-state index contributed by atoms with van der Waals surface area (Å²) in [7, 11) is 1.70. The number of carboxylic acid groups (broad SMARTS) is 1. The van der Waals surface area contributed by atoms with E-state index < -0.39 is 12.1 Å².